The molecule has 20 heavy (non-hydrogen) atoms. The smallest absolute Gasteiger partial charge is 0.281 e. The van der Waals surface area contributed by atoms with Crippen molar-refractivity contribution >= 4 is 10.1 Å². The normalized spacial score (nSPS) is 35.9. The Bertz CT molecular complexity index is 487. The van der Waals surface area contributed by atoms with Crippen LogP contribution in [0.25, 0.3) is 0 Å². The highest BCUT2D eigenvalue weighted by Crippen LogP contribution is 2.62. The van der Waals surface area contributed by atoms with Crippen molar-refractivity contribution in [3.8, 4) is 0 Å². The topological polar surface area (TPSA) is 54.4 Å². The minimum absolute atomic E-state index is 0.0735. The highest BCUT2D eigenvalue weighted by molar-refractivity contribution is 7.87. The van der Waals surface area contributed by atoms with Crippen LogP contribution in [0.2, 0.25) is 0 Å². The van der Waals surface area contributed by atoms with E-state index < -0.39 is 26.7 Å². The lowest BCUT2D eigenvalue weighted by molar-refractivity contribution is -0.256. The molecule has 1 N–H and O–H groups in total. The molecule has 0 aromatic rings. The van der Waals surface area contributed by atoms with Gasteiger partial charge in [-0.2, -0.15) is 26.0 Å². The van der Waals surface area contributed by atoms with Gasteiger partial charge in [-0.15, -0.1) is 0 Å². The van der Waals surface area contributed by atoms with Crippen LogP contribution in [0.3, 0.4) is 0 Å². The van der Waals surface area contributed by atoms with Gasteiger partial charge in [-0.25, -0.2) is 0 Å². The van der Waals surface area contributed by atoms with Crippen LogP contribution in [0, 0.1) is 17.3 Å². The molecular formula is C12H18F4O3S. The van der Waals surface area contributed by atoms with Gasteiger partial charge in [0.15, 0.2) is 0 Å². The van der Waals surface area contributed by atoms with Gasteiger partial charge >= 0.3 is 21.3 Å². The second-order valence-electron chi connectivity index (χ2n) is 6.35. The van der Waals surface area contributed by atoms with Gasteiger partial charge in [0.05, 0.1) is 0 Å². The Morgan fingerprint density at radius 1 is 1.20 bits per heavy atom. The second-order valence-corrected chi connectivity index (χ2v) is 7.82. The van der Waals surface area contributed by atoms with Crippen molar-refractivity contribution in [3.05, 3.63) is 0 Å². The van der Waals surface area contributed by atoms with E-state index >= 15 is 0 Å². The van der Waals surface area contributed by atoms with Crippen LogP contribution >= 0.6 is 0 Å². The SMILES string of the molecule is CC1CC2CCCC(C(F)(F)C(F)(F)S(=O)(=O)O)(C1)C2. The first-order chi connectivity index (χ1) is 8.93. The maximum absolute atomic E-state index is 14.3. The van der Waals surface area contributed by atoms with Crippen molar-refractivity contribution in [1.29, 1.82) is 0 Å². The Morgan fingerprint density at radius 3 is 2.35 bits per heavy atom. The van der Waals surface area contributed by atoms with E-state index in [2.05, 4.69) is 0 Å². The molecule has 2 aliphatic rings. The standard InChI is InChI=1S/C12H18F4O3S/c1-8-5-9-3-2-4-10(6-8,7-9)11(13,14)12(15,16)20(17,18)19/h8-9H,2-7H2,1H3,(H,17,18,19). The molecule has 2 aliphatic carbocycles. The van der Waals surface area contributed by atoms with Crippen LogP contribution in [-0.4, -0.2) is 24.1 Å². The van der Waals surface area contributed by atoms with Crippen LogP contribution in [0.15, 0.2) is 0 Å². The zero-order valence-corrected chi connectivity index (χ0v) is 11.9. The molecule has 3 nitrogen and oxygen atoms in total. The van der Waals surface area contributed by atoms with Gasteiger partial charge in [0, 0.05) is 5.41 Å². The Balaban J connectivity index is 2.46. The monoisotopic (exact) mass is 318 g/mol. The van der Waals surface area contributed by atoms with Crippen molar-refractivity contribution in [1.82, 2.24) is 0 Å². The summed E-state index contributed by atoms with van der Waals surface area (Å²) < 4.78 is 85.8. The van der Waals surface area contributed by atoms with Gasteiger partial charge in [-0.05, 0) is 37.5 Å². The zero-order valence-electron chi connectivity index (χ0n) is 11.1. The number of rotatable bonds is 3. The first-order valence-electron chi connectivity index (χ1n) is 6.66. The molecule has 0 radical (unpaired) electrons. The van der Waals surface area contributed by atoms with Crippen LogP contribution in [0.4, 0.5) is 17.6 Å². The summed E-state index contributed by atoms with van der Waals surface area (Å²) >= 11 is 0. The van der Waals surface area contributed by atoms with E-state index in [1.165, 1.54) is 0 Å². The first-order valence-corrected chi connectivity index (χ1v) is 8.10. The molecule has 2 rings (SSSR count). The number of hydrogen-bond acceptors (Lipinski definition) is 2. The van der Waals surface area contributed by atoms with Gasteiger partial charge < -0.3 is 0 Å². The minimum atomic E-state index is -6.15. The number of hydrogen-bond donors (Lipinski definition) is 1. The summed E-state index contributed by atoms with van der Waals surface area (Å²) in [7, 11) is -6.15. The molecule has 2 bridgehead atoms. The van der Waals surface area contributed by atoms with E-state index in [0.717, 1.165) is 0 Å². The molecule has 0 aromatic heterocycles. The van der Waals surface area contributed by atoms with E-state index in [4.69, 9.17) is 4.55 Å². The van der Waals surface area contributed by atoms with Crippen molar-refractivity contribution < 1.29 is 30.5 Å². The first kappa shape index (κ1) is 16.0. The predicted octanol–water partition coefficient (Wildman–Crippen LogP) is 3.71. The average Bonchev–Trinajstić information content (AvgIpc) is 2.25. The van der Waals surface area contributed by atoms with E-state index in [0.29, 0.717) is 19.3 Å². The lowest BCUT2D eigenvalue weighted by Crippen LogP contribution is -2.60. The largest absolute Gasteiger partial charge is 0.432 e. The summed E-state index contributed by atoms with van der Waals surface area (Å²) in [5.74, 6) is -4.99. The third-order valence-electron chi connectivity index (χ3n) is 4.78. The molecule has 118 valence electrons. The lowest BCUT2D eigenvalue weighted by atomic mass is 9.56. The van der Waals surface area contributed by atoms with Gasteiger partial charge in [-0.3, -0.25) is 4.55 Å². The molecule has 3 unspecified atom stereocenters. The van der Waals surface area contributed by atoms with Crippen LogP contribution < -0.4 is 0 Å². The fourth-order valence-corrected chi connectivity index (χ4v) is 4.62. The highest BCUT2D eigenvalue weighted by Gasteiger charge is 2.75. The fraction of sp³-hybridized carbons (Fsp3) is 1.00. The van der Waals surface area contributed by atoms with E-state index in [1.807, 2.05) is 0 Å². The molecule has 2 fully saturated rings. The average molecular weight is 318 g/mol. The van der Waals surface area contributed by atoms with Crippen LogP contribution in [0.1, 0.15) is 45.4 Å². The third kappa shape index (κ3) is 2.15. The minimum Gasteiger partial charge on any atom is -0.281 e. The van der Waals surface area contributed by atoms with Crippen LogP contribution in [0.5, 0.6) is 0 Å². The molecule has 0 spiro atoms. The van der Waals surface area contributed by atoms with Crippen molar-refractivity contribution in [3.63, 3.8) is 0 Å². The maximum Gasteiger partial charge on any atom is 0.432 e. The zero-order chi connectivity index (χ0) is 15.4. The Kier molecular flexibility index (Phi) is 3.65. The summed E-state index contributed by atoms with van der Waals surface area (Å²) in [6, 6.07) is 0. The summed E-state index contributed by atoms with van der Waals surface area (Å²) in [6.07, 6.45) is 1.42. The third-order valence-corrected chi connectivity index (χ3v) is 5.68. The van der Waals surface area contributed by atoms with Crippen LogP contribution in [-0.2, 0) is 10.1 Å². The maximum atomic E-state index is 14.3. The summed E-state index contributed by atoms with van der Waals surface area (Å²) in [5, 5.41) is -5.45. The number of alkyl halides is 4. The summed E-state index contributed by atoms with van der Waals surface area (Å²) in [6.45, 7) is 1.72. The lowest BCUT2D eigenvalue weighted by Gasteiger charge is -2.52. The van der Waals surface area contributed by atoms with Gasteiger partial charge in [0.25, 0.3) is 0 Å². The molecule has 2 saturated carbocycles. The number of halogens is 4. The van der Waals surface area contributed by atoms with Gasteiger partial charge in [0.2, 0.25) is 0 Å². The molecule has 3 atom stereocenters. The molecule has 0 amide bonds. The van der Waals surface area contributed by atoms with E-state index in [9.17, 15) is 26.0 Å². The molecule has 8 heteroatoms. The van der Waals surface area contributed by atoms with E-state index in [1.54, 1.807) is 6.92 Å². The quantitative estimate of drug-likeness (QED) is 0.637. The summed E-state index contributed by atoms with van der Waals surface area (Å²) in [4.78, 5) is 0. The summed E-state index contributed by atoms with van der Waals surface area (Å²) in [5.41, 5.74) is -2.03. The highest BCUT2D eigenvalue weighted by atomic mass is 32.2. The molecule has 0 saturated heterocycles. The molecular weight excluding hydrogens is 300 g/mol. The molecule has 0 aliphatic heterocycles. The molecule has 0 heterocycles. The van der Waals surface area contributed by atoms with Gasteiger partial charge in [-0.1, -0.05) is 19.8 Å². The van der Waals surface area contributed by atoms with Crippen molar-refractivity contribution in [2.45, 2.75) is 56.6 Å². The van der Waals surface area contributed by atoms with Gasteiger partial charge in [0.1, 0.15) is 0 Å². The molecule has 0 aromatic carbocycles. The predicted molar refractivity (Wildman–Crippen MR) is 64.2 cm³/mol. The second kappa shape index (κ2) is 4.56. The van der Waals surface area contributed by atoms with Crippen molar-refractivity contribution in [2.75, 3.05) is 0 Å². The van der Waals surface area contributed by atoms with E-state index in [-0.39, 0.29) is 31.1 Å². The Labute approximate surface area is 115 Å². The Morgan fingerprint density at radius 2 is 1.80 bits per heavy atom. The number of fused-ring (bicyclic) bond motifs is 2. The fourth-order valence-electron chi connectivity index (χ4n) is 4.08. The Hall–Kier alpha value is -0.370. The van der Waals surface area contributed by atoms with Crippen molar-refractivity contribution in [2.24, 2.45) is 17.3 Å².